The van der Waals surface area contributed by atoms with E-state index in [-0.39, 0.29) is 28.7 Å². The third-order valence-electron chi connectivity index (χ3n) is 4.92. The smallest absolute Gasteiger partial charge is 0.221 e. The Kier molecular flexibility index (Phi) is 7.12. The van der Waals surface area contributed by atoms with Crippen LogP contribution in [0.5, 0.6) is 0 Å². The van der Waals surface area contributed by atoms with E-state index in [0.717, 1.165) is 23.4 Å². The number of ketones is 1. The van der Waals surface area contributed by atoms with E-state index in [2.05, 4.69) is 15.5 Å². The van der Waals surface area contributed by atoms with Crippen LogP contribution >= 0.6 is 11.8 Å². The summed E-state index contributed by atoms with van der Waals surface area (Å²) < 4.78 is 29.7. The van der Waals surface area contributed by atoms with Crippen LogP contribution in [-0.4, -0.2) is 32.2 Å². The standard InChI is InChI=1S/C25H20F2N4O2S/c1-16(32)28-20-11-12-21(22(27)13-20)23(33)15-34-25-30-29-24(18-7-9-19(26)10-8-18)31(25)14-17-5-3-2-4-6-17/h2-13H,14-15H2,1H3,(H,28,32). The molecule has 1 amide bonds. The van der Waals surface area contributed by atoms with Gasteiger partial charge in [-0.05, 0) is 48.0 Å². The van der Waals surface area contributed by atoms with E-state index in [0.29, 0.717) is 23.1 Å². The molecule has 0 spiro atoms. The first-order chi connectivity index (χ1) is 16.4. The predicted molar refractivity (Wildman–Crippen MR) is 127 cm³/mol. The lowest BCUT2D eigenvalue weighted by molar-refractivity contribution is -0.114. The molecule has 0 saturated heterocycles. The van der Waals surface area contributed by atoms with E-state index in [4.69, 9.17) is 0 Å². The molecule has 0 atom stereocenters. The maximum absolute atomic E-state index is 14.5. The number of carbonyl (C=O) groups is 2. The van der Waals surface area contributed by atoms with Crippen molar-refractivity contribution >= 4 is 29.1 Å². The quantitative estimate of drug-likeness (QED) is 0.278. The summed E-state index contributed by atoms with van der Waals surface area (Å²) in [6.45, 7) is 1.76. The van der Waals surface area contributed by atoms with Gasteiger partial charge in [-0.1, -0.05) is 42.1 Å². The van der Waals surface area contributed by atoms with Crippen LogP contribution in [-0.2, 0) is 11.3 Å². The Morgan fingerprint density at radius 2 is 1.71 bits per heavy atom. The molecule has 0 fully saturated rings. The highest BCUT2D eigenvalue weighted by Gasteiger charge is 2.18. The van der Waals surface area contributed by atoms with Gasteiger partial charge in [0.15, 0.2) is 16.8 Å². The van der Waals surface area contributed by atoms with Crippen LogP contribution < -0.4 is 5.32 Å². The summed E-state index contributed by atoms with van der Waals surface area (Å²) in [6, 6.07) is 19.5. The number of carbonyl (C=O) groups excluding carboxylic acids is 2. The van der Waals surface area contributed by atoms with Gasteiger partial charge in [0.2, 0.25) is 5.91 Å². The number of anilines is 1. The number of nitrogens with one attached hydrogen (secondary N) is 1. The molecule has 34 heavy (non-hydrogen) atoms. The molecule has 0 aliphatic carbocycles. The molecule has 0 aliphatic rings. The van der Waals surface area contributed by atoms with Crippen molar-refractivity contribution in [1.82, 2.24) is 14.8 Å². The zero-order valence-electron chi connectivity index (χ0n) is 18.2. The van der Waals surface area contributed by atoms with E-state index < -0.39 is 11.6 Å². The van der Waals surface area contributed by atoms with Crippen molar-refractivity contribution in [2.75, 3.05) is 11.1 Å². The van der Waals surface area contributed by atoms with Gasteiger partial charge in [-0.2, -0.15) is 0 Å². The van der Waals surface area contributed by atoms with Crippen molar-refractivity contribution in [3.8, 4) is 11.4 Å². The van der Waals surface area contributed by atoms with E-state index in [1.54, 1.807) is 12.1 Å². The van der Waals surface area contributed by atoms with Crippen LogP contribution in [0.1, 0.15) is 22.8 Å². The Morgan fingerprint density at radius 1 is 0.971 bits per heavy atom. The van der Waals surface area contributed by atoms with E-state index in [1.807, 2.05) is 34.9 Å². The number of nitrogens with zero attached hydrogens (tertiary/aromatic N) is 3. The minimum atomic E-state index is -0.713. The van der Waals surface area contributed by atoms with Crippen molar-refractivity contribution < 1.29 is 18.4 Å². The molecule has 1 aromatic heterocycles. The number of amides is 1. The van der Waals surface area contributed by atoms with E-state index in [1.165, 1.54) is 31.2 Å². The van der Waals surface area contributed by atoms with Gasteiger partial charge < -0.3 is 5.32 Å². The number of Topliss-reactive ketones (excluding diaryl/α,β-unsaturated/α-hetero) is 1. The van der Waals surface area contributed by atoms with Crippen LogP contribution in [0.3, 0.4) is 0 Å². The Bertz CT molecular complexity index is 1320. The third-order valence-corrected chi connectivity index (χ3v) is 5.89. The van der Waals surface area contributed by atoms with Crippen molar-refractivity contribution in [3.63, 3.8) is 0 Å². The summed E-state index contributed by atoms with van der Waals surface area (Å²) in [4.78, 5) is 23.9. The second-order valence-corrected chi connectivity index (χ2v) is 8.41. The number of hydrogen-bond donors (Lipinski definition) is 1. The van der Waals surface area contributed by atoms with Gasteiger partial charge in [0, 0.05) is 18.2 Å². The molecule has 1 N–H and O–H groups in total. The fraction of sp³-hybridized carbons (Fsp3) is 0.120. The highest BCUT2D eigenvalue weighted by atomic mass is 32.2. The number of thioether (sulfide) groups is 1. The summed E-state index contributed by atoms with van der Waals surface area (Å²) in [5, 5.41) is 11.5. The second kappa shape index (κ2) is 10.4. The molecule has 0 bridgehead atoms. The highest BCUT2D eigenvalue weighted by molar-refractivity contribution is 7.99. The average Bonchev–Trinajstić information content (AvgIpc) is 3.20. The molecule has 9 heteroatoms. The first-order valence-corrected chi connectivity index (χ1v) is 11.4. The van der Waals surface area contributed by atoms with Gasteiger partial charge in [-0.15, -0.1) is 10.2 Å². The molecule has 0 radical (unpaired) electrons. The molecule has 1 heterocycles. The Balaban J connectivity index is 1.57. The van der Waals surface area contributed by atoms with E-state index >= 15 is 0 Å². The topological polar surface area (TPSA) is 76.9 Å². The third kappa shape index (κ3) is 5.55. The molecule has 4 aromatic rings. The van der Waals surface area contributed by atoms with Gasteiger partial charge in [0.25, 0.3) is 0 Å². The van der Waals surface area contributed by atoms with Crippen molar-refractivity contribution in [2.24, 2.45) is 0 Å². The van der Waals surface area contributed by atoms with Crippen LogP contribution in [0, 0.1) is 11.6 Å². The predicted octanol–water partition coefficient (Wildman–Crippen LogP) is 5.21. The van der Waals surface area contributed by atoms with Crippen LogP contribution in [0.15, 0.2) is 78.0 Å². The van der Waals surface area contributed by atoms with Gasteiger partial charge >= 0.3 is 0 Å². The van der Waals surface area contributed by atoms with Crippen molar-refractivity contribution in [3.05, 3.63) is 95.6 Å². The maximum Gasteiger partial charge on any atom is 0.221 e. The molecule has 4 rings (SSSR count). The molecule has 0 unspecified atom stereocenters. The summed E-state index contributed by atoms with van der Waals surface area (Å²) in [7, 11) is 0. The molecule has 172 valence electrons. The van der Waals surface area contributed by atoms with Crippen LogP contribution in [0.2, 0.25) is 0 Å². The lowest BCUT2D eigenvalue weighted by Crippen LogP contribution is -2.10. The number of aromatic nitrogens is 3. The van der Waals surface area contributed by atoms with Gasteiger partial charge in [-0.3, -0.25) is 14.2 Å². The molecular weight excluding hydrogens is 458 g/mol. The monoisotopic (exact) mass is 478 g/mol. The van der Waals surface area contributed by atoms with Crippen molar-refractivity contribution in [1.29, 1.82) is 0 Å². The van der Waals surface area contributed by atoms with Crippen molar-refractivity contribution in [2.45, 2.75) is 18.6 Å². The molecular formula is C25H20F2N4O2S. The number of rotatable bonds is 8. The van der Waals surface area contributed by atoms with Gasteiger partial charge in [0.1, 0.15) is 11.6 Å². The lowest BCUT2D eigenvalue weighted by Gasteiger charge is -2.11. The Morgan fingerprint density at radius 3 is 2.38 bits per heavy atom. The fourth-order valence-corrected chi connectivity index (χ4v) is 4.17. The summed E-state index contributed by atoms with van der Waals surface area (Å²) in [5.74, 6) is -1.35. The maximum atomic E-state index is 14.5. The number of hydrogen-bond acceptors (Lipinski definition) is 5. The SMILES string of the molecule is CC(=O)Nc1ccc(C(=O)CSc2nnc(-c3ccc(F)cc3)n2Cc2ccccc2)c(F)c1. The Labute approximate surface area is 199 Å². The first-order valence-electron chi connectivity index (χ1n) is 10.4. The van der Waals surface area contributed by atoms with Gasteiger partial charge in [-0.25, -0.2) is 8.78 Å². The number of halogens is 2. The molecule has 3 aromatic carbocycles. The second-order valence-electron chi connectivity index (χ2n) is 7.47. The molecule has 0 aliphatic heterocycles. The largest absolute Gasteiger partial charge is 0.326 e. The zero-order chi connectivity index (χ0) is 24.1. The minimum absolute atomic E-state index is 0.0628. The minimum Gasteiger partial charge on any atom is -0.326 e. The summed E-state index contributed by atoms with van der Waals surface area (Å²) >= 11 is 1.14. The molecule has 0 saturated carbocycles. The normalized spacial score (nSPS) is 10.8. The first kappa shape index (κ1) is 23.3. The Hall–Kier alpha value is -3.85. The van der Waals surface area contributed by atoms with Crippen LogP contribution in [0.4, 0.5) is 14.5 Å². The lowest BCUT2D eigenvalue weighted by atomic mass is 10.1. The number of benzene rings is 3. The fourth-order valence-electron chi connectivity index (χ4n) is 3.35. The summed E-state index contributed by atoms with van der Waals surface area (Å²) in [6.07, 6.45) is 0. The summed E-state index contributed by atoms with van der Waals surface area (Å²) in [5.41, 5.74) is 1.89. The van der Waals surface area contributed by atoms with Crippen LogP contribution in [0.25, 0.3) is 11.4 Å². The zero-order valence-corrected chi connectivity index (χ0v) is 19.0. The molecule has 6 nitrogen and oxygen atoms in total. The van der Waals surface area contributed by atoms with Gasteiger partial charge in [0.05, 0.1) is 17.9 Å². The van der Waals surface area contributed by atoms with E-state index in [9.17, 15) is 18.4 Å². The average molecular weight is 479 g/mol. The highest BCUT2D eigenvalue weighted by Crippen LogP contribution is 2.26.